The van der Waals surface area contributed by atoms with Crippen LogP contribution < -0.4 is 10.6 Å². The van der Waals surface area contributed by atoms with Gasteiger partial charge in [-0.3, -0.25) is 9.59 Å². The molecule has 1 aromatic carbocycles. The minimum atomic E-state index is -1.01. The van der Waals surface area contributed by atoms with E-state index in [4.69, 9.17) is 0 Å². The molecule has 0 bridgehead atoms. The second kappa shape index (κ2) is 17.1. The molecule has 172 valence electrons. The molecule has 0 spiro atoms. The van der Waals surface area contributed by atoms with Crippen LogP contribution in [-0.4, -0.2) is 35.5 Å². The normalized spacial score (nSPS) is 11.9. The molecule has 1 atom stereocenters. The predicted molar refractivity (Wildman–Crippen MR) is 125 cm³/mol. The number of benzene rings is 1. The Hall–Kier alpha value is -2.63. The number of amides is 2. The Morgan fingerprint density at radius 3 is 2.29 bits per heavy atom. The molecule has 2 amide bonds. The van der Waals surface area contributed by atoms with Crippen LogP contribution in [0.3, 0.4) is 0 Å². The van der Waals surface area contributed by atoms with E-state index in [1.165, 1.54) is 31.8 Å². The summed E-state index contributed by atoms with van der Waals surface area (Å²) in [6.45, 7) is 2.65. The first-order chi connectivity index (χ1) is 15.0. The van der Waals surface area contributed by atoms with Gasteiger partial charge in [-0.2, -0.15) is 0 Å². The summed E-state index contributed by atoms with van der Waals surface area (Å²) in [6.07, 6.45) is 13.1. The predicted octanol–water partition coefficient (Wildman–Crippen LogP) is 4.70. The molecule has 0 heterocycles. The van der Waals surface area contributed by atoms with Crippen LogP contribution in [0, 0.1) is 0 Å². The molecule has 0 saturated heterocycles. The maximum absolute atomic E-state index is 12.0. The fourth-order valence-corrected chi connectivity index (χ4v) is 3.25. The van der Waals surface area contributed by atoms with Gasteiger partial charge in [0.15, 0.2) is 0 Å². The van der Waals surface area contributed by atoms with Crippen LogP contribution in [0.2, 0.25) is 0 Å². The summed E-state index contributed by atoms with van der Waals surface area (Å²) < 4.78 is 0. The lowest BCUT2D eigenvalue weighted by Crippen LogP contribution is -2.40. The van der Waals surface area contributed by atoms with Gasteiger partial charge in [-0.1, -0.05) is 75.8 Å². The minimum Gasteiger partial charge on any atom is -0.480 e. The van der Waals surface area contributed by atoms with Crippen LogP contribution in [0.5, 0.6) is 0 Å². The molecule has 0 aliphatic heterocycles. The molecule has 6 nitrogen and oxygen atoms in total. The highest BCUT2D eigenvalue weighted by Crippen LogP contribution is 2.09. The summed E-state index contributed by atoms with van der Waals surface area (Å²) in [4.78, 5) is 35.2. The lowest BCUT2D eigenvalue weighted by atomic mass is 10.1. The quantitative estimate of drug-likeness (QED) is 0.247. The van der Waals surface area contributed by atoms with Crippen molar-refractivity contribution in [2.75, 3.05) is 6.54 Å². The number of hydrogen-bond donors (Lipinski definition) is 3. The van der Waals surface area contributed by atoms with Gasteiger partial charge in [0.25, 0.3) is 0 Å². The van der Waals surface area contributed by atoms with Gasteiger partial charge in [0, 0.05) is 19.0 Å². The molecule has 3 N–H and O–H groups in total. The van der Waals surface area contributed by atoms with E-state index in [2.05, 4.69) is 17.6 Å². The van der Waals surface area contributed by atoms with E-state index in [9.17, 15) is 19.5 Å². The average molecular weight is 431 g/mol. The highest BCUT2D eigenvalue weighted by atomic mass is 16.4. The molecular formula is C25H38N2O4. The van der Waals surface area contributed by atoms with Crippen LogP contribution in [0.4, 0.5) is 0 Å². The van der Waals surface area contributed by atoms with Crippen molar-refractivity contribution in [2.45, 2.75) is 83.6 Å². The summed E-state index contributed by atoms with van der Waals surface area (Å²) in [5.74, 6) is -1.38. The largest absolute Gasteiger partial charge is 0.480 e. The van der Waals surface area contributed by atoms with Crippen molar-refractivity contribution >= 4 is 23.9 Å². The van der Waals surface area contributed by atoms with Gasteiger partial charge in [0.2, 0.25) is 11.8 Å². The summed E-state index contributed by atoms with van der Waals surface area (Å²) in [7, 11) is 0. The van der Waals surface area contributed by atoms with Crippen LogP contribution in [0.25, 0.3) is 6.08 Å². The Kier molecular flexibility index (Phi) is 14.6. The Bertz CT molecular complexity index is 673. The number of unbranched alkanes of at least 4 members (excludes halogenated alkanes) is 7. The first-order valence-electron chi connectivity index (χ1n) is 11.6. The van der Waals surface area contributed by atoms with Gasteiger partial charge in [-0.05, 0) is 37.3 Å². The third-order valence-electron chi connectivity index (χ3n) is 5.09. The number of carbonyl (C=O) groups excluding carboxylic acids is 2. The van der Waals surface area contributed by atoms with Gasteiger partial charge in [0.1, 0.15) is 6.04 Å². The van der Waals surface area contributed by atoms with Crippen molar-refractivity contribution in [2.24, 2.45) is 0 Å². The lowest BCUT2D eigenvalue weighted by molar-refractivity contribution is -0.142. The first-order valence-corrected chi connectivity index (χ1v) is 11.6. The first kappa shape index (κ1) is 26.4. The standard InChI is InChI=1S/C25H38N2O4/c1-2-3-4-5-6-7-11-17-24(29)27-22(25(30)31)16-12-13-20-26-23(28)19-18-21-14-9-8-10-15-21/h8-10,14-15,18-19,22H,2-7,11-13,16-17,20H2,1H3,(H,26,28)(H,27,29)(H,30,31)/b19-18+. The summed E-state index contributed by atoms with van der Waals surface area (Å²) >= 11 is 0. The number of carboxylic acids is 1. The van der Waals surface area contributed by atoms with Crippen LogP contribution in [-0.2, 0) is 14.4 Å². The average Bonchev–Trinajstić information content (AvgIpc) is 2.76. The monoisotopic (exact) mass is 430 g/mol. The third-order valence-corrected chi connectivity index (χ3v) is 5.09. The maximum atomic E-state index is 12.0. The molecule has 0 aliphatic carbocycles. The molecule has 1 rings (SSSR count). The number of aliphatic carboxylic acids is 1. The second-order valence-electron chi connectivity index (χ2n) is 7.86. The van der Waals surface area contributed by atoms with Crippen LogP contribution in [0.1, 0.15) is 83.1 Å². The molecular weight excluding hydrogens is 392 g/mol. The fourth-order valence-electron chi connectivity index (χ4n) is 3.25. The van der Waals surface area contributed by atoms with Gasteiger partial charge in [0.05, 0.1) is 0 Å². The van der Waals surface area contributed by atoms with Crippen molar-refractivity contribution in [3.63, 3.8) is 0 Å². The highest BCUT2D eigenvalue weighted by Gasteiger charge is 2.19. The number of nitrogens with one attached hydrogen (secondary N) is 2. The Labute approximate surface area is 186 Å². The van der Waals surface area contributed by atoms with Crippen molar-refractivity contribution in [3.8, 4) is 0 Å². The third kappa shape index (κ3) is 14.1. The van der Waals surface area contributed by atoms with Gasteiger partial charge in [-0.25, -0.2) is 4.79 Å². The molecule has 0 saturated carbocycles. The van der Waals surface area contributed by atoms with Crippen molar-refractivity contribution in [3.05, 3.63) is 42.0 Å². The minimum absolute atomic E-state index is 0.179. The number of carboxylic acid groups (broad SMARTS) is 1. The second-order valence-corrected chi connectivity index (χ2v) is 7.86. The van der Waals surface area contributed by atoms with E-state index < -0.39 is 12.0 Å². The zero-order chi connectivity index (χ0) is 22.7. The fraction of sp³-hybridized carbons (Fsp3) is 0.560. The molecule has 31 heavy (non-hydrogen) atoms. The topological polar surface area (TPSA) is 95.5 Å². The Morgan fingerprint density at radius 1 is 0.935 bits per heavy atom. The highest BCUT2D eigenvalue weighted by molar-refractivity contribution is 5.91. The summed E-state index contributed by atoms with van der Waals surface area (Å²) in [6, 6.07) is 8.69. The summed E-state index contributed by atoms with van der Waals surface area (Å²) in [5.41, 5.74) is 0.953. The van der Waals surface area contributed by atoms with E-state index in [1.807, 2.05) is 30.3 Å². The molecule has 0 fully saturated rings. The SMILES string of the molecule is CCCCCCCCCC(=O)NC(CCCCNC(=O)/C=C/c1ccccc1)C(=O)O. The van der Waals surface area contributed by atoms with Crippen molar-refractivity contribution < 1.29 is 19.5 Å². The number of rotatable bonds is 17. The lowest BCUT2D eigenvalue weighted by Gasteiger charge is -2.14. The molecule has 0 aliphatic rings. The summed E-state index contributed by atoms with van der Waals surface area (Å²) in [5, 5.41) is 14.8. The number of carbonyl (C=O) groups is 3. The molecule has 1 aromatic rings. The van der Waals surface area contributed by atoms with Crippen molar-refractivity contribution in [1.82, 2.24) is 10.6 Å². The number of hydrogen-bond acceptors (Lipinski definition) is 3. The van der Waals surface area contributed by atoms with Gasteiger partial charge < -0.3 is 15.7 Å². The van der Waals surface area contributed by atoms with Crippen molar-refractivity contribution in [1.29, 1.82) is 0 Å². The molecule has 1 unspecified atom stereocenters. The molecule has 6 heteroatoms. The van der Waals surface area contributed by atoms with E-state index in [-0.39, 0.29) is 11.8 Å². The van der Waals surface area contributed by atoms with Crippen LogP contribution >= 0.6 is 0 Å². The Balaban J connectivity index is 2.15. The van der Waals surface area contributed by atoms with E-state index in [0.29, 0.717) is 32.2 Å². The van der Waals surface area contributed by atoms with E-state index >= 15 is 0 Å². The molecule has 0 radical (unpaired) electrons. The van der Waals surface area contributed by atoms with E-state index in [0.717, 1.165) is 24.8 Å². The Morgan fingerprint density at radius 2 is 1.61 bits per heavy atom. The van der Waals surface area contributed by atoms with Crippen LogP contribution in [0.15, 0.2) is 36.4 Å². The smallest absolute Gasteiger partial charge is 0.326 e. The maximum Gasteiger partial charge on any atom is 0.326 e. The van der Waals surface area contributed by atoms with Gasteiger partial charge >= 0.3 is 5.97 Å². The van der Waals surface area contributed by atoms with E-state index in [1.54, 1.807) is 6.08 Å². The van der Waals surface area contributed by atoms with Gasteiger partial charge in [-0.15, -0.1) is 0 Å². The zero-order valence-corrected chi connectivity index (χ0v) is 18.8. The molecule has 0 aromatic heterocycles. The zero-order valence-electron chi connectivity index (χ0n) is 18.8.